The van der Waals surface area contributed by atoms with Crippen LogP contribution in [0.1, 0.15) is 11.1 Å². The molecule has 0 bridgehead atoms. The van der Waals surface area contributed by atoms with Gasteiger partial charge in [0.2, 0.25) is 5.95 Å². The number of para-hydroxylation sites is 1. The topological polar surface area (TPSA) is 57.2 Å². The number of hydrogen-bond acceptors (Lipinski definition) is 6. The molecule has 1 aliphatic rings. The summed E-state index contributed by atoms with van der Waals surface area (Å²) in [5, 5.41) is 11.6. The van der Waals surface area contributed by atoms with Crippen molar-refractivity contribution in [2.24, 2.45) is 0 Å². The van der Waals surface area contributed by atoms with Crippen LogP contribution in [0.25, 0.3) is 0 Å². The Balaban J connectivity index is 1.44. The largest absolute Gasteiger partial charge is 0.368 e. The zero-order valence-electron chi connectivity index (χ0n) is 15.8. The van der Waals surface area contributed by atoms with Crippen LogP contribution in [0.15, 0.2) is 54.7 Å². The summed E-state index contributed by atoms with van der Waals surface area (Å²) in [6, 6.07) is 16.8. The van der Waals surface area contributed by atoms with Gasteiger partial charge in [-0.05, 0) is 37.6 Å². The van der Waals surface area contributed by atoms with Gasteiger partial charge in [-0.2, -0.15) is 10.1 Å². The van der Waals surface area contributed by atoms with Crippen molar-refractivity contribution >= 4 is 23.1 Å². The van der Waals surface area contributed by atoms with Crippen molar-refractivity contribution in [2.45, 2.75) is 13.8 Å². The van der Waals surface area contributed by atoms with Crippen molar-refractivity contribution in [1.29, 1.82) is 0 Å². The first kappa shape index (κ1) is 17.3. The Hall–Kier alpha value is -3.15. The van der Waals surface area contributed by atoms with Crippen LogP contribution in [-0.2, 0) is 0 Å². The molecule has 0 unspecified atom stereocenters. The molecule has 0 aliphatic carbocycles. The Morgan fingerprint density at radius 3 is 2.37 bits per heavy atom. The number of piperazine rings is 1. The Bertz CT molecular complexity index is 904. The van der Waals surface area contributed by atoms with E-state index in [9.17, 15) is 0 Å². The summed E-state index contributed by atoms with van der Waals surface area (Å²) in [5.41, 5.74) is 4.69. The van der Waals surface area contributed by atoms with Crippen LogP contribution in [0.4, 0.5) is 23.1 Å². The Morgan fingerprint density at radius 1 is 0.889 bits per heavy atom. The molecule has 1 fully saturated rings. The van der Waals surface area contributed by atoms with Gasteiger partial charge in [-0.25, -0.2) is 0 Å². The van der Waals surface area contributed by atoms with Gasteiger partial charge in [0.15, 0.2) is 5.82 Å². The highest BCUT2D eigenvalue weighted by molar-refractivity contribution is 5.59. The molecule has 3 aromatic rings. The minimum absolute atomic E-state index is 0.532. The van der Waals surface area contributed by atoms with Crippen molar-refractivity contribution in [3.8, 4) is 0 Å². The quantitative estimate of drug-likeness (QED) is 0.768. The molecule has 4 rings (SSSR count). The average molecular weight is 360 g/mol. The standard InChI is InChI=1S/C21H24N6/c1-16-8-9-19(17(2)14-16)23-21-24-20(15-22-25-21)27-12-10-26(11-13-27)18-6-4-3-5-7-18/h3-9,14-15H,10-13H2,1-2H3,(H,23,24,25). The summed E-state index contributed by atoms with van der Waals surface area (Å²) in [4.78, 5) is 9.34. The molecule has 27 heavy (non-hydrogen) atoms. The fourth-order valence-electron chi connectivity index (χ4n) is 3.41. The SMILES string of the molecule is Cc1ccc(Nc2nncc(N3CCN(c4ccccc4)CC3)n2)c(C)c1. The van der Waals surface area contributed by atoms with E-state index in [-0.39, 0.29) is 0 Å². The van der Waals surface area contributed by atoms with Gasteiger partial charge in [-0.1, -0.05) is 35.9 Å². The van der Waals surface area contributed by atoms with Gasteiger partial charge in [-0.15, -0.1) is 5.10 Å². The minimum Gasteiger partial charge on any atom is -0.368 e. The van der Waals surface area contributed by atoms with Crippen molar-refractivity contribution in [2.75, 3.05) is 41.3 Å². The van der Waals surface area contributed by atoms with Crippen LogP contribution >= 0.6 is 0 Å². The molecule has 1 aliphatic heterocycles. The lowest BCUT2D eigenvalue weighted by atomic mass is 10.1. The molecule has 138 valence electrons. The van der Waals surface area contributed by atoms with E-state index in [1.807, 2.05) is 0 Å². The van der Waals surface area contributed by atoms with Gasteiger partial charge in [0.05, 0.1) is 6.20 Å². The number of hydrogen-bond donors (Lipinski definition) is 1. The summed E-state index contributed by atoms with van der Waals surface area (Å²) in [7, 11) is 0. The van der Waals surface area contributed by atoms with Crippen LogP contribution in [0.3, 0.4) is 0 Å². The first-order valence-electron chi connectivity index (χ1n) is 9.28. The van der Waals surface area contributed by atoms with Gasteiger partial charge in [0.1, 0.15) is 0 Å². The maximum atomic E-state index is 4.68. The van der Waals surface area contributed by atoms with Gasteiger partial charge in [-0.3, -0.25) is 0 Å². The van der Waals surface area contributed by atoms with Gasteiger partial charge in [0.25, 0.3) is 0 Å². The summed E-state index contributed by atoms with van der Waals surface area (Å²) in [6.07, 6.45) is 1.74. The third kappa shape index (κ3) is 4.00. The molecular weight excluding hydrogens is 336 g/mol. The molecule has 2 heterocycles. The fraction of sp³-hybridized carbons (Fsp3) is 0.286. The van der Waals surface area contributed by atoms with E-state index < -0.39 is 0 Å². The highest BCUT2D eigenvalue weighted by Gasteiger charge is 2.19. The first-order chi connectivity index (χ1) is 13.2. The maximum Gasteiger partial charge on any atom is 0.249 e. The maximum absolute atomic E-state index is 4.68. The fourth-order valence-corrected chi connectivity index (χ4v) is 3.41. The molecule has 1 N–H and O–H groups in total. The van der Waals surface area contributed by atoms with E-state index in [4.69, 9.17) is 0 Å². The first-order valence-corrected chi connectivity index (χ1v) is 9.28. The molecule has 2 aromatic carbocycles. The number of benzene rings is 2. The number of aromatic nitrogens is 3. The predicted octanol–water partition coefficient (Wildman–Crippen LogP) is 3.56. The van der Waals surface area contributed by atoms with E-state index in [1.54, 1.807) is 6.20 Å². The lowest BCUT2D eigenvalue weighted by Gasteiger charge is -2.36. The molecule has 0 radical (unpaired) electrons. The molecule has 0 saturated carbocycles. The molecule has 1 saturated heterocycles. The second kappa shape index (κ2) is 7.61. The molecule has 6 nitrogen and oxygen atoms in total. The summed E-state index contributed by atoms with van der Waals surface area (Å²) < 4.78 is 0. The Labute approximate surface area is 159 Å². The summed E-state index contributed by atoms with van der Waals surface area (Å²) in [6.45, 7) is 7.93. The second-order valence-corrected chi connectivity index (χ2v) is 6.89. The Morgan fingerprint density at radius 2 is 1.63 bits per heavy atom. The monoisotopic (exact) mass is 360 g/mol. The minimum atomic E-state index is 0.532. The van der Waals surface area contributed by atoms with E-state index >= 15 is 0 Å². The summed E-state index contributed by atoms with van der Waals surface area (Å²) >= 11 is 0. The number of rotatable bonds is 4. The van der Waals surface area contributed by atoms with Gasteiger partial charge in [0, 0.05) is 37.6 Å². The Kier molecular flexibility index (Phi) is 4.87. The van der Waals surface area contributed by atoms with Crippen molar-refractivity contribution in [3.63, 3.8) is 0 Å². The average Bonchev–Trinajstić information content (AvgIpc) is 2.71. The van der Waals surface area contributed by atoms with Gasteiger partial charge >= 0.3 is 0 Å². The van der Waals surface area contributed by atoms with Crippen molar-refractivity contribution in [3.05, 3.63) is 65.9 Å². The van der Waals surface area contributed by atoms with Crippen LogP contribution in [0.2, 0.25) is 0 Å². The van der Waals surface area contributed by atoms with Crippen molar-refractivity contribution in [1.82, 2.24) is 15.2 Å². The summed E-state index contributed by atoms with van der Waals surface area (Å²) in [5.74, 6) is 1.40. The van der Waals surface area contributed by atoms with Crippen LogP contribution < -0.4 is 15.1 Å². The lowest BCUT2D eigenvalue weighted by molar-refractivity contribution is 0.645. The van der Waals surface area contributed by atoms with E-state index in [0.29, 0.717) is 5.95 Å². The smallest absolute Gasteiger partial charge is 0.249 e. The number of nitrogens with zero attached hydrogens (tertiary/aromatic N) is 5. The predicted molar refractivity (Wildman–Crippen MR) is 110 cm³/mol. The third-order valence-electron chi connectivity index (χ3n) is 4.90. The highest BCUT2D eigenvalue weighted by atomic mass is 15.3. The normalized spacial score (nSPS) is 14.3. The van der Waals surface area contributed by atoms with Crippen LogP contribution in [0.5, 0.6) is 0 Å². The van der Waals surface area contributed by atoms with E-state index in [1.165, 1.54) is 16.8 Å². The molecule has 0 spiro atoms. The van der Waals surface area contributed by atoms with Crippen molar-refractivity contribution < 1.29 is 0 Å². The zero-order chi connectivity index (χ0) is 18.6. The van der Waals surface area contributed by atoms with Crippen LogP contribution in [0, 0.1) is 13.8 Å². The lowest BCUT2D eigenvalue weighted by Crippen LogP contribution is -2.46. The molecule has 0 atom stereocenters. The zero-order valence-corrected chi connectivity index (χ0v) is 15.8. The van der Waals surface area contributed by atoms with Gasteiger partial charge < -0.3 is 15.1 Å². The molecule has 6 heteroatoms. The third-order valence-corrected chi connectivity index (χ3v) is 4.90. The highest BCUT2D eigenvalue weighted by Crippen LogP contribution is 2.22. The second-order valence-electron chi connectivity index (χ2n) is 6.89. The number of nitrogens with one attached hydrogen (secondary N) is 1. The molecule has 0 amide bonds. The molecule has 1 aromatic heterocycles. The number of aryl methyl sites for hydroxylation is 2. The number of anilines is 4. The van der Waals surface area contributed by atoms with Crippen LogP contribution in [-0.4, -0.2) is 41.4 Å². The van der Waals surface area contributed by atoms with E-state index in [2.05, 4.69) is 92.7 Å². The molecular formula is C21H24N6. The van der Waals surface area contributed by atoms with E-state index in [0.717, 1.165) is 37.7 Å².